The zero-order chi connectivity index (χ0) is 24.6. The number of carbonyl (C=O) groups is 1. The fourth-order valence-electron chi connectivity index (χ4n) is 5.71. The van der Waals surface area contributed by atoms with Crippen molar-refractivity contribution in [2.45, 2.75) is 45.2 Å². The molecule has 4 aromatic rings. The van der Waals surface area contributed by atoms with Gasteiger partial charge in [0.1, 0.15) is 5.82 Å². The highest BCUT2D eigenvalue weighted by molar-refractivity contribution is 6.06. The second-order valence-electron chi connectivity index (χ2n) is 10.1. The molecule has 2 aromatic carbocycles. The lowest BCUT2D eigenvalue weighted by Gasteiger charge is -2.28. The molecule has 2 N–H and O–H groups in total. The number of nitrogens with one attached hydrogen (secondary N) is 2. The summed E-state index contributed by atoms with van der Waals surface area (Å²) in [5.74, 6) is 0.605. The molecule has 0 saturated carbocycles. The van der Waals surface area contributed by atoms with Gasteiger partial charge in [0.15, 0.2) is 0 Å². The van der Waals surface area contributed by atoms with E-state index < -0.39 is 0 Å². The number of aromatic nitrogens is 3. The molecule has 0 aliphatic carbocycles. The highest BCUT2D eigenvalue weighted by Gasteiger charge is 2.33. The van der Waals surface area contributed by atoms with Crippen LogP contribution in [0, 0.1) is 6.92 Å². The number of fused-ring (bicyclic) bond motifs is 1. The largest absolute Gasteiger partial charge is 0.370 e. The predicted molar refractivity (Wildman–Crippen MR) is 144 cm³/mol. The molecule has 7 nitrogen and oxygen atoms in total. The molecule has 0 spiro atoms. The molecule has 0 radical (unpaired) electrons. The van der Waals surface area contributed by atoms with E-state index in [0.717, 1.165) is 46.8 Å². The Morgan fingerprint density at radius 3 is 2.81 bits per heavy atom. The van der Waals surface area contributed by atoms with E-state index in [0.29, 0.717) is 17.6 Å². The van der Waals surface area contributed by atoms with Crippen molar-refractivity contribution in [3.05, 3.63) is 72.1 Å². The van der Waals surface area contributed by atoms with E-state index in [9.17, 15) is 4.79 Å². The first-order chi connectivity index (χ1) is 17.5. The second-order valence-corrected chi connectivity index (χ2v) is 10.1. The van der Waals surface area contributed by atoms with Crippen molar-refractivity contribution in [3.8, 4) is 11.4 Å². The van der Waals surface area contributed by atoms with Crippen molar-refractivity contribution in [1.29, 1.82) is 0 Å². The number of pyridine rings is 1. The summed E-state index contributed by atoms with van der Waals surface area (Å²) in [4.78, 5) is 30.4. The average molecular weight is 481 g/mol. The number of aryl methyl sites for hydroxylation is 1. The molecular formula is C29H32N6O. The molecule has 1 amide bonds. The highest BCUT2D eigenvalue weighted by Crippen LogP contribution is 2.30. The molecule has 2 aliphatic heterocycles. The number of rotatable bonds is 5. The first-order valence-electron chi connectivity index (χ1n) is 12.9. The maximum Gasteiger partial charge on any atom is 0.255 e. The normalized spacial score (nSPS) is 20.3. The van der Waals surface area contributed by atoms with Crippen LogP contribution in [0.2, 0.25) is 0 Å². The van der Waals surface area contributed by atoms with Crippen molar-refractivity contribution < 1.29 is 4.79 Å². The lowest BCUT2D eigenvalue weighted by atomic mass is 10.1. The third-order valence-electron chi connectivity index (χ3n) is 7.74. The van der Waals surface area contributed by atoms with Gasteiger partial charge >= 0.3 is 0 Å². The standard InChI is InChI=1S/C29H32N6O/c1-19-15-23(34-14-11-24(18-34)35-13-4-5-20(35)2)8-10-25(19)33-29(36)21-7-9-26-27(16-21)32-28(31-26)22-6-3-12-30-17-22/h3,6-10,12,15-17,20,24H,4-5,11,13-14,18H2,1-2H3,(H,31,32)(H,33,36). The molecule has 0 bridgehead atoms. The van der Waals surface area contributed by atoms with E-state index in [1.54, 1.807) is 12.4 Å². The van der Waals surface area contributed by atoms with Gasteiger partial charge in [0.25, 0.3) is 5.91 Å². The van der Waals surface area contributed by atoms with Crippen LogP contribution in [-0.4, -0.2) is 57.5 Å². The van der Waals surface area contributed by atoms with E-state index in [1.165, 1.54) is 31.5 Å². The number of benzene rings is 2. The van der Waals surface area contributed by atoms with Crippen LogP contribution in [0.4, 0.5) is 11.4 Å². The van der Waals surface area contributed by atoms with Crippen LogP contribution in [0.3, 0.4) is 0 Å². The molecule has 36 heavy (non-hydrogen) atoms. The number of aromatic amines is 1. The lowest BCUT2D eigenvalue weighted by molar-refractivity contribution is 0.102. The number of H-pyrrole nitrogens is 1. The van der Waals surface area contributed by atoms with Crippen LogP contribution in [0.15, 0.2) is 60.9 Å². The van der Waals surface area contributed by atoms with Crippen molar-refractivity contribution in [2.75, 3.05) is 29.9 Å². The SMILES string of the molecule is Cc1cc(N2CCC(N3CCCC3C)C2)ccc1NC(=O)c1ccc2[nH]c(-c3cccnc3)nc2c1. The van der Waals surface area contributed by atoms with E-state index in [4.69, 9.17) is 0 Å². The number of nitrogens with zero attached hydrogens (tertiary/aromatic N) is 4. The van der Waals surface area contributed by atoms with Crippen LogP contribution < -0.4 is 10.2 Å². The minimum atomic E-state index is -0.136. The van der Waals surface area contributed by atoms with Crippen LogP contribution >= 0.6 is 0 Å². The molecule has 7 heteroatoms. The van der Waals surface area contributed by atoms with Crippen LogP contribution in [0.1, 0.15) is 42.1 Å². The Morgan fingerprint density at radius 1 is 1.11 bits per heavy atom. The molecule has 184 valence electrons. The fraction of sp³-hybridized carbons (Fsp3) is 0.345. The molecule has 2 aliphatic rings. The van der Waals surface area contributed by atoms with E-state index >= 15 is 0 Å². The highest BCUT2D eigenvalue weighted by atomic mass is 16.1. The summed E-state index contributed by atoms with van der Waals surface area (Å²) >= 11 is 0. The van der Waals surface area contributed by atoms with Gasteiger partial charge in [-0.25, -0.2) is 4.98 Å². The van der Waals surface area contributed by atoms with Crippen LogP contribution in [-0.2, 0) is 0 Å². The van der Waals surface area contributed by atoms with E-state index in [-0.39, 0.29) is 5.91 Å². The fourth-order valence-corrected chi connectivity index (χ4v) is 5.71. The number of hydrogen-bond acceptors (Lipinski definition) is 5. The van der Waals surface area contributed by atoms with E-state index in [2.05, 4.69) is 56.0 Å². The van der Waals surface area contributed by atoms with Gasteiger partial charge < -0.3 is 15.2 Å². The number of imidazole rings is 1. The molecule has 2 fully saturated rings. The number of anilines is 2. The smallest absolute Gasteiger partial charge is 0.255 e. The first-order valence-corrected chi connectivity index (χ1v) is 12.9. The maximum absolute atomic E-state index is 13.1. The van der Waals surface area contributed by atoms with Crippen molar-refractivity contribution in [2.24, 2.45) is 0 Å². The quantitative estimate of drug-likeness (QED) is 0.408. The number of hydrogen-bond donors (Lipinski definition) is 2. The summed E-state index contributed by atoms with van der Waals surface area (Å²) in [6.45, 7) is 7.83. The van der Waals surface area contributed by atoms with Gasteiger partial charge in [-0.05, 0) is 93.7 Å². The molecule has 2 atom stereocenters. The summed E-state index contributed by atoms with van der Waals surface area (Å²) in [6, 6.07) is 17.1. The van der Waals surface area contributed by atoms with Gasteiger partial charge in [-0.1, -0.05) is 0 Å². The third-order valence-corrected chi connectivity index (χ3v) is 7.74. The average Bonchev–Trinajstić information content (AvgIpc) is 3.64. The van der Waals surface area contributed by atoms with E-state index in [1.807, 2.05) is 36.4 Å². The van der Waals surface area contributed by atoms with Crippen molar-refractivity contribution in [1.82, 2.24) is 19.9 Å². The van der Waals surface area contributed by atoms with Crippen molar-refractivity contribution in [3.63, 3.8) is 0 Å². The zero-order valence-corrected chi connectivity index (χ0v) is 20.9. The van der Waals surface area contributed by atoms with Gasteiger partial charge in [-0.3, -0.25) is 14.7 Å². The molecular weight excluding hydrogens is 448 g/mol. The van der Waals surface area contributed by atoms with Gasteiger partial charge in [-0.15, -0.1) is 0 Å². The second kappa shape index (κ2) is 9.39. The topological polar surface area (TPSA) is 77.1 Å². The third kappa shape index (κ3) is 4.35. The van der Waals surface area contributed by atoms with Crippen molar-refractivity contribution >= 4 is 28.3 Å². The summed E-state index contributed by atoms with van der Waals surface area (Å²) in [5, 5.41) is 3.09. The van der Waals surface area contributed by atoms with Gasteiger partial charge in [0, 0.05) is 60.1 Å². The monoisotopic (exact) mass is 480 g/mol. The summed E-state index contributed by atoms with van der Waals surface area (Å²) in [5.41, 5.74) is 6.28. The molecule has 4 heterocycles. The number of likely N-dealkylation sites (tertiary alicyclic amines) is 1. The number of amides is 1. The Kier molecular flexibility index (Phi) is 5.93. The molecule has 2 aromatic heterocycles. The zero-order valence-electron chi connectivity index (χ0n) is 20.9. The molecule has 2 saturated heterocycles. The predicted octanol–water partition coefficient (Wildman–Crippen LogP) is 5.25. The Labute approximate surface area is 211 Å². The van der Waals surface area contributed by atoms with Gasteiger partial charge in [-0.2, -0.15) is 0 Å². The summed E-state index contributed by atoms with van der Waals surface area (Å²) < 4.78 is 0. The number of carbonyl (C=O) groups excluding carboxylic acids is 1. The Bertz CT molecular complexity index is 1400. The molecule has 6 rings (SSSR count). The first kappa shape index (κ1) is 22.7. The minimum absolute atomic E-state index is 0.136. The minimum Gasteiger partial charge on any atom is -0.370 e. The summed E-state index contributed by atoms with van der Waals surface area (Å²) in [7, 11) is 0. The Balaban J connectivity index is 1.15. The maximum atomic E-state index is 13.1. The molecule has 2 unspecified atom stereocenters. The van der Waals surface area contributed by atoms with Crippen LogP contribution in [0.5, 0.6) is 0 Å². The van der Waals surface area contributed by atoms with Gasteiger partial charge in [0.2, 0.25) is 0 Å². The van der Waals surface area contributed by atoms with Crippen LogP contribution in [0.25, 0.3) is 22.4 Å². The Hall–Kier alpha value is -3.71. The van der Waals surface area contributed by atoms with Gasteiger partial charge in [0.05, 0.1) is 11.0 Å². The lowest BCUT2D eigenvalue weighted by Crippen LogP contribution is -2.39. The Morgan fingerprint density at radius 2 is 2.03 bits per heavy atom. The summed E-state index contributed by atoms with van der Waals surface area (Å²) in [6.07, 6.45) is 7.37.